The predicted molar refractivity (Wildman–Crippen MR) is 288 cm³/mol. The fraction of sp³-hybridized carbons (Fsp3) is 0.917. The fourth-order valence-corrected chi connectivity index (χ4v) is 9.46. The van der Waals surface area contributed by atoms with Crippen molar-refractivity contribution in [3.63, 3.8) is 0 Å². The Balaban J connectivity index is 3.60. The number of carbonyl (C=O) groups excluding carboxylic acids is 1. The number of amides is 1. The van der Waals surface area contributed by atoms with E-state index in [1.54, 1.807) is 0 Å². The van der Waals surface area contributed by atoms with Crippen LogP contribution < -0.4 is 5.32 Å². The molecule has 6 nitrogen and oxygen atoms in total. The SMILES string of the molecule is CCCCCCCCCC/C=C\CCCCCCCCC(O)C(=O)NC(CO)C(O)C(O)CCC/C=C/CCCCCCCCCCCCCCCCCCCCCCCCCCCCC. The van der Waals surface area contributed by atoms with Crippen molar-refractivity contribution in [3.8, 4) is 0 Å². The summed E-state index contributed by atoms with van der Waals surface area (Å²) < 4.78 is 0. The van der Waals surface area contributed by atoms with Gasteiger partial charge in [0.15, 0.2) is 0 Å². The summed E-state index contributed by atoms with van der Waals surface area (Å²) >= 11 is 0. The maximum Gasteiger partial charge on any atom is 0.249 e. The maximum absolute atomic E-state index is 12.6. The van der Waals surface area contributed by atoms with Gasteiger partial charge in [0.05, 0.1) is 18.8 Å². The molecule has 0 radical (unpaired) electrons. The van der Waals surface area contributed by atoms with Crippen molar-refractivity contribution >= 4 is 5.91 Å². The normalized spacial score (nSPS) is 13.8. The first kappa shape index (κ1) is 64.8. The largest absolute Gasteiger partial charge is 0.394 e. The lowest BCUT2D eigenvalue weighted by atomic mass is 10.00. The van der Waals surface area contributed by atoms with E-state index in [0.29, 0.717) is 12.8 Å². The van der Waals surface area contributed by atoms with Gasteiger partial charge in [-0.2, -0.15) is 0 Å². The summed E-state index contributed by atoms with van der Waals surface area (Å²) in [6.45, 7) is 4.07. The molecule has 5 N–H and O–H groups in total. The zero-order chi connectivity index (χ0) is 48.1. The Morgan fingerprint density at radius 3 is 0.909 bits per heavy atom. The number of carbonyl (C=O) groups is 1. The molecule has 0 aliphatic rings. The molecule has 0 saturated carbocycles. The number of aliphatic hydroxyl groups is 4. The van der Waals surface area contributed by atoms with Gasteiger partial charge in [0.2, 0.25) is 5.91 Å². The number of unbranched alkanes of at least 4 members (excludes halogenated alkanes) is 42. The molecule has 0 saturated heterocycles. The highest BCUT2D eigenvalue weighted by Gasteiger charge is 2.28. The van der Waals surface area contributed by atoms with Crippen LogP contribution in [-0.4, -0.2) is 57.3 Å². The molecule has 0 aromatic heterocycles. The predicted octanol–water partition coefficient (Wildman–Crippen LogP) is 17.4. The van der Waals surface area contributed by atoms with Gasteiger partial charge in [-0.3, -0.25) is 4.79 Å². The lowest BCUT2D eigenvalue weighted by molar-refractivity contribution is -0.132. The zero-order valence-corrected chi connectivity index (χ0v) is 44.5. The van der Waals surface area contributed by atoms with Gasteiger partial charge in [-0.1, -0.05) is 282 Å². The third-order valence-electron chi connectivity index (χ3n) is 14.1. The quantitative estimate of drug-likeness (QED) is 0.0308. The molecule has 0 fully saturated rings. The van der Waals surface area contributed by atoms with E-state index < -0.39 is 36.9 Å². The van der Waals surface area contributed by atoms with Crippen molar-refractivity contribution in [1.82, 2.24) is 5.32 Å². The summed E-state index contributed by atoms with van der Waals surface area (Å²) in [7, 11) is 0. The number of hydrogen-bond acceptors (Lipinski definition) is 5. The highest BCUT2D eigenvalue weighted by molar-refractivity contribution is 5.80. The van der Waals surface area contributed by atoms with E-state index in [-0.39, 0.29) is 0 Å². The lowest BCUT2D eigenvalue weighted by Gasteiger charge is -2.27. The third kappa shape index (κ3) is 47.8. The molecule has 0 bridgehead atoms. The van der Waals surface area contributed by atoms with E-state index in [2.05, 4.69) is 43.5 Å². The molecule has 0 aliphatic heterocycles. The summed E-state index contributed by atoms with van der Waals surface area (Å²) in [6, 6.07) is -1.00. The minimum atomic E-state index is -1.28. The minimum Gasteiger partial charge on any atom is -0.394 e. The van der Waals surface area contributed by atoms with Gasteiger partial charge in [0.1, 0.15) is 12.2 Å². The molecule has 66 heavy (non-hydrogen) atoms. The van der Waals surface area contributed by atoms with Gasteiger partial charge in [0.25, 0.3) is 0 Å². The van der Waals surface area contributed by atoms with Crippen LogP contribution in [0.15, 0.2) is 24.3 Å². The Labute approximate surface area is 412 Å². The van der Waals surface area contributed by atoms with Gasteiger partial charge in [-0.25, -0.2) is 0 Å². The van der Waals surface area contributed by atoms with Crippen LogP contribution in [0.4, 0.5) is 0 Å². The van der Waals surface area contributed by atoms with Crippen LogP contribution in [0, 0.1) is 0 Å². The van der Waals surface area contributed by atoms with Gasteiger partial charge < -0.3 is 25.7 Å². The Morgan fingerprint density at radius 1 is 0.364 bits per heavy atom. The Bertz CT molecular complexity index is 1000. The van der Waals surface area contributed by atoms with Crippen LogP contribution in [-0.2, 0) is 4.79 Å². The highest BCUT2D eigenvalue weighted by atomic mass is 16.3. The third-order valence-corrected chi connectivity index (χ3v) is 14.1. The average molecular weight is 933 g/mol. The van der Waals surface area contributed by atoms with Crippen LogP contribution >= 0.6 is 0 Å². The van der Waals surface area contributed by atoms with Gasteiger partial charge in [0, 0.05) is 0 Å². The molecule has 4 atom stereocenters. The van der Waals surface area contributed by atoms with Crippen molar-refractivity contribution in [2.24, 2.45) is 0 Å². The van der Waals surface area contributed by atoms with Gasteiger partial charge >= 0.3 is 0 Å². The molecule has 6 heteroatoms. The molecule has 0 spiro atoms. The van der Waals surface area contributed by atoms with E-state index in [1.165, 1.54) is 250 Å². The second-order valence-corrected chi connectivity index (χ2v) is 20.7. The first-order valence-electron chi connectivity index (χ1n) is 29.7. The van der Waals surface area contributed by atoms with Crippen molar-refractivity contribution in [2.75, 3.05) is 6.61 Å². The summed E-state index contributed by atoms with van der Waals surface area (Å²) in [5, 5.41) is 44.0. The summed E-state index contributed by atoms with van der Waals surface area (Å²) in [4.78, 5) is 12.6. The minimum absolute atomic E-state index is 0.357. The van der Waals surface area contributed by atoms with E-state index in [0.717, 1.165) is 44.9 Å². The van der Waals surface area contributed by atoms with E-state index >= 15 is 0 Å². The van der Waals surface area contributed by atoms with Crippen molar-refractivity contribution < 1.29 is 25.2 Å². The van der Waals surface area contributed by atoms with E-state index in [9.17, 15) is 25.2 Å². The molecular formula is C60H117NO5. The fourth-order valence-electron chi connectivity index (χ4n) is 9.46. The zero-order valence-electron chi connectivity index (χ0n) is 44.5. The molecule has 1 amide bonds. The number of rotatable bonds is 55. The topological polar surface area (TPSA) is 110 Å². The summed E-state index contributed by atoms with van der Waals surface area (Å²) in [5.74, 6) is -0.594. The summed E-state index contributed by atoms with van der Waals surface area (Å²) in [6.07, 6.45) is 67.0. The molecule has 0 aliphatic carbocycles. The molecule has 0 rings (SSSR count). The molecule has 0 heterocycles. The van der Waals surface area contributed by atoms with Crippen LogP contribution in [0.3, 0.4) is 0 Å². The van der Waals surface area contributed by atoms with Crippen LogP contribution in [0.5, 0.6) is 0 Å². The molecular weight excluding hydrogens is 815 g/mol. The monoisotopic (exact) mass is 932 g/mol. The first-order valence-corrected chi connectivity index (χ1v) is 29.7. The Morgan fingerprint density at radius 2 is 0.621 bits per heavy atom. The lowest BCUT2D eigenvalue weighted by Crippen LogP contribution is -2.53. The molecule has 0 aromatic rings. The van der Waals surface area contributed by atoms with E-state index in [4.69, 9.17) is 0 Å². The van der Waals surface area contributed by atoms with Gasteiger partial charge in [-0.05, 0) is 64.2 Å². The number of nitrogens with one attached hydrogen (secondary N) is 1. The standard InChI is InChI=1S/C60H117NO5/c1-3-5-7-9-11-13-15-17-19-21-23-24-25-26-27-28-29-30-31-32-33-34-35-36-38-39-41-43-45-47-49-51-53-57(63)59(65)56(55-62)61-60(66)58(64)54-52-50-48-46-44-42-40-37-22-20-18-16-14-12-10-8-6-4-2/h22,37,45,47,56-59,62-65H,3-21,23-36,38-44,46,48-55H2,1-2H3,(H,61,66)/b37-22-,47-45+. The first-order chi connectivity index (χ1) is 32.5. The van der Waals surface area contributed by atoms with Crippen molar-refractivity contribution in [3.05, 3.63) is 24.3 Å². The van der Waals surface area contributed by atoms with Crippen LogP contribution in [0.1, 0.15) is 322 Å². The second-order valence-electron chi connectivity index (χ2n) is 20.7. The van der Waals surface area contributed by atoms with Crippen LogP contribution in [0.25, 0.3) is 0 Å². The smallest absolute Gasteiger partial charge is 0.249 e. The van der Waals surface area contributed by atoms with Crippen molar-refractivity contribution in [1.29, 1.82) is 0 Å². The molecule has 392 valence electrons. The van der Waals surface area contributed by atoms with E-state index in [1.807, 2.05) is 0 Å². The summed E-state index contributed by atoms with van der Waals surface area (Å²) in [5.41, 5.74) is 0. The van der Waals surface area contributed by atoms with Gasteiger partial charge in [-0.15, -0.1) is 0 Å². The van der Waals surface area contributed by atoms with Crippen molar-refractivity contribution in [2.45, 2.75) is 346 Å². The number of allylic oxidation sites excluding steroid dienone is 4. The highest BCUT2D eigenvalue weighted by Crippen LogP contribution is 2.18. The number of hydrogen-bond donors (Lipinski definition) is 5. The number of aliphatic hydroxyl groups excluding tert-OH is 4. The Kier molecular flexibility index (Phi) is 53.7. The Hall–Kier alpha value is -1.21. The molecule has 4 unspecified atom stereocenters. The average Bonchev–Trinajstić information content (AvgIpc) is 3.32. The second kappa shape index (κ2) is 54.7. The maximum atomic E-state index is 12.6. The van der Waals surface area contributed by atoms with Crippen LogP contribution in [0.2, 0.25) is 0 Å². The molecule has 0 aromatic carbocycles.